The van der Waals surface area contributed by atoms with Gasteiger partial charge in [0.05, 0.1) is 18.4 Å². The van der Waals surface area contributed by atoms with E-state index in [9.17, 15) is 9.59 Å². The summed E-state index contributed by atoms with van der Waals surface area (Å²) in [6.07, 6.45) is 2.52. The number of esters is 1. The summed E-state index contributed by atoms with van der Waals surface area (Å²) < 4.78 is 4.73. The summed E-state index contributed by atoms with van der Waals surface area (Å²) in [5.74, 6) is -0.182. The fourth-order valence-corrected chi connectivity index (χ4v) is 2.08. The van der Waals surface area contributed by atoms with Gasteiger partial charge in [0.25, 0.3) is 5.91 Å². The molecule has 1 atom stereocenters. The molecule has 6 heteroatoms. The number of rotatable bonds is 6. The maximum absolute atomic E-state index is 12.5. The summed E-state index contributed by atoms with van der Waals surface area (Å²) in [6, 6.07) is 10.3. The Bertz CT molecular complexity index is 731. The molecule has 0 aliphatic carbocycles. The molecule has 126 valence electrons. The van der Waals surface area contributed by atoms with Crippen LogP contribution in [0.3, 0.4) is 0 Å². The molecule has 0 fully saturated rings. The third-order valence-corrected chi connectivity index (χ3v) is 3.61. The van der Waals surface area contributed by atoms with Crippen molar-refractivity contribution in [3.05, 3.63) is 53.7 Å². The molecule has 0 spiro atoms. The summed E-state index contributed by atoms with van der Waals surface area (Å²) in [4.78, 5) is 28.4. The normalized spacial score (nSPS) is 11.5. The lowest BCUT2D eigenvalue weighted by Crippen LogP contribution is -2.17. The van der Waals surface area contributed by atoms with Crippen molar-refractivity contribution >= 4 is 23.4 Å². The SMILES string of the molecule is CCC(C)Nc1cc(C(=O)Nc2ccccc2C(=O)OC)ccn1. The topological polar surface area (TPSA) is 80.3 Å². The average Bonchev–Trinajstić information content (AvgIpc) is 2.61. The van der Waals surface area contributed by atoms with E-state index >= 15 is 0 Å². The number of carbonyl (C=O) groups is 2. The molecule has 2 N–H and O–H groups in total. The highest BCUT2D eigenvalue weighted by Gasteiger charge is 2.14. The first kappa shape index (κ1) is 17.5. The Balaban J connectivity index is 2.19. The maximum atomic E-state index is 12.5. The van der Waals surface area contributed by atoms with Crippen LogP contribution in [-0.2, 0) is 4.74 Å². The second kappa shape index (κ2) is 8.10. The van der Waals surface area contributed by atoms with Gasteiger partial charge in [0, 0.05) is 17.8 Å². The van der Waals surface area contributed by atoms with E-state index in [-0.39, 0.29) is 11.9 Å². The van der Waals surface area contributed by atoms with Gasteiger partial charge >= 0.3 is 5.97 Å². The zero-order valence-corrected chi connectivity index (χ0v) is 14.0. The smallest absolute Gasteiger partial charge is 0.339 e. The molecule has 0 aliphatic rings. The summed E-state index contributed by atoms with van der Waals surface area (Å²) >= 11 is 0. The largest absolute Gasteiger partial charge is 0.465 e. The number of nitrogens with one attached hydrogen (secondary N) is 2. The van der Waals surface area contributed by atoms with Crippen molar-refractivity contribution in [2.45, 2.75) is 26.3 Å². The number of hydrogen-bond donors (Lipinski definition) is 2. The predicted molar refractivity (Wildman–Crippen MR) is 93.3 cm³/mol. The average molecular weight is 327 g/mol. The molecule has 1 amide bonds. The molecule has 2 aromatic rings. The summed E-state index contributed by atoms with van der Waals surface area (Å²) in [5.41, 5.74) is 1.17. The zero-order valence-electron chi connectivity index (χ0n) is 14.0. The van der Waals surface area contributed by atoms with Crippen LogP contribution in [0.4, 0.5) is 11.5 Å². The van der Waals surface area contributed by atoms with E-state index in [2.05, 4.69) is 22.5 Å². The summed E-state index contributed by atoms with van der Waals surface area (Å²) in [5, 5.41) is 5.97. The van der Waals surface area contributed by atoms with Crippen LogP contribution >= 0.6 is 0 Å². The minimum absolute atomic E-state index is 0.260. The van der Waals surface area contributed by atoms with Crippen molar-refractivity contribution in [2.75, 3.05) is 17.7 Å². The van der Waals surface area contributed by atoms with Gasteiger partial charge in [-0.2, -0.15) is 0 Å². The van der Waals surface area contributed by atoms with Crippen molar-refractivity contribution < 1.29 is 14.3 Å². The molecule has 2 rings (SSSR count). The highest BCUT2D eigenvalue weighted by atomic mass is 16.5. The van der Waals surface area contributed by atoms with Crippen LogP contribution in [0.25, 0.3) is 0 Å². The van der Waals surface area contributed by atoms with E-state index in [4.69, 9.17) is 4.74 Å². The first-order chi connectivity index (χ1) is 11.5. The maximum Gasteiger partial charge on any atom is 0.339 e. The van der Waals surface area contributed by atoms with E-state index in [0.29, 0.717) is 22.6 Å². The molecule has 1 aromatic carbocycles. The van der Waals surface area contributed by atoms with Crippen molar-refractivity contribution in [1.29, 1.82) is 0 Å². The first-order valence-electron chi connectivity index (χ1n) is 7.76. The molecular weight excluding hydrogens is 306 g/mol. The number of carbonyl (C=O) groups excluding carboxylic acids is 2. The van der Waals surface area contributed by atoms with E-state index < -0.39 is 5.97 Å². The number of hydrogen-bond acceptors (Lipinski definition) is 5. The first-order valence-corrected chi connectivity index (χ1v) is 7.76. The van der Waals surface area contributed by atoms with Crippen LogP contribution in [0.2, 0.25) is 0 Å². The van der Waals surface area contributed by atoms with E-state index in [0.717, 1.165) is 6.42 Å². The molecule has 0 saturated carbocycles. The van der Waals surface area contributed by atoms with Crippen LogP contribution in [0, 0.1) is 0 Å². The van der Waals surface area contributed by atoms with Crippen molar-refractivity contribution in [3.8, 4) is 0 Å². The van der Waals surface area contributed by atoms with Crippen LogP contribution in [-0.4, -0.2) is 30.0 Å². The Kier molecular flexibility index (Phi) is 5.89. The molecular formula is C18H21N3O3. The molecule has 24 heavy (non-hydrogen) atoms. The summed E-state index contributed by atoms with van der Waals surface area (Å²) in [6.45, 7) is 4.11. The predicted octanol–water partition coefficient (Wildman–Crippen LogP) is 3.33. The zero-order chi connectivity index (χ0) is 17.5. The Morgan fingerprint density at radius 1 is 1.25 bits per heavy atom. The van der Waals surface area contributed by atoms with Gasteiger partial charge in [-0.15, -0.1) is 0 Å². The minimum Gasteiger partial charge on any atom is -0.465 e. The van der Waals surface area contributed by atoms with Crippen LogP contribution in [0.5, 0.6) is 0 Å². The Labute approximate surface area is 141 Å². The van der Waals surface area contributed by atoms with Gasteiger partial charge < -0.3 is 15.4 Å². The number of para-hydroxylation sites is 1. The van der Waals surface area contributed by atoms with Gasteiger partial charge in [0.1, 0.15) is 5.82 Å². The fourth-order valence-electron chi connectivity index (χ4n) is 2.08. The molecule has 1 unspecified atom stereocenters. The Hall–Kier alpha value is -2.89. The van der Waals surface area contributed by atoms with Crippen molar-refractivity contribution in [3.63, 3.8) is 0 Å². The third-order valence-electron chi connectivity index (χ3n) is 3.61. The van der Waals surface area contributed by atoms with Crippen molar-refractivity contribution in [1.82, 2.24) is 4.98 Å². The molecule has 0 aliphatic heterocycles. The van der Waals surface area contributed by atoms with Gasteiger partial charge in [-0.25, -0.2) is 9.78 Å². The number of amides is 1. The molecule has 1 aromatic heterocycles. The Morgan fingerprint density at radius 3 is 2.71 bits per heavy atom. The van der Waals surface area contributed by atoms with Crippen LogP contribution in [0.1, 0.15) is 41.0 Å². The Morgan fingerprint density at radius 2 is 2.00 bits per heavy atom. The lowest BCUT2D eigenvalue weighted by Gasteiger charge is -2.13. The van der Waals surface area contributed by atoms with Crippen molar-refractivity contribution in [2.24, 2.45) is 0 Å². The number of aromatic nitrogens is 1. The lowest BCUT2D eigenvalue weighted by atomic mass is 10.1. The second-order valence-corrected chi connectivity index (χ2v) is 5.37. The van der Waals surface area contributed by atoms with Crippen LogP contribution < -0.4 is 10.6 Å². The molecule has 1 heterocycles. The van der Waals surface area contributed by atoms with Gasteiger partial charge in [-0.3, -0.25) is 4.79 Å². The van der Waals surface area contributed by atoms with E-state index in [1.165, 1.54) is 7.11 Å². The minimum atomic E-state index is -0.500. The van der Waals surface area contributed by atoms with E-state index in [1.54, 1.807) is 42.6 Å². The number of ether oxygens (including phenoxy) is 1. The standard InChI is InChI=1S/C18H21N3O3/c1-4-12(2)20-16-11-13(9-10-19-16)17(22)21-15-8-6-5-7-14(15)18(23)24-3/h5-12H,4H2,1-3H3,(H,19,20)(H,21,22). The third kappa shape index (κ3) is 4.32. The highest BCUT2D eigenvalue weighted by Crippen LogP contribution is 2.18. The van der Waals surface area contributed by atoms with Gasteiger partial charge in [0.2, 0.25) is 0 Å². The second-order valence-electron chi connectivity index (χ2n) is 5.37. The lowest BCUT2D eigenvalue weighted by molar-refractivity contribution is 0.0602. The monoisotopic (exact) mass is 327 g/mol. The van der Waals surface area contributed by atoms with Gasteiger partial charge in [0.15, 0.2) is 0 Å². The number of pyridine rings is 1. The summed E-state index contributed by atoms with van der Waals surface area (Å²) in [7, 11) is 1.30. The molecule has 6 nitrogen and oxygen atoms in total. The number of benzene rings is 1. The highest BCUT2D eigenvalue weighted by molar-refractivity contribution is 6.08. The van der Waals surface area contributed by atoms with E-state index in [1.807, 2.05) is 6.92 Å². The fraction of sp³-hybridized carbons (Fsp3) is 0.278. The number of anilines is 2. The van der Waals surface area contributed by atoms with Gasteiger partial charge in [-0.1, -0.05) is 19.1 Å². The quantitative estimate of drug-likeness (QED) is 0.796. The molecule has 0 saturated heterocycles. The number of methoxy groups -OCH3 is 1. The van der Waals surface area contributed by atoms with Crippen LogP contribution in [0.15, 0.2) is 42.6 Å². The molecule has 0 bridgehead atoms. The molecule has 0 radical (unpaired) electrons. The number of nitrogens with zero attached hydrogens (tertiary/aromatic N) is 1. The van der Waals surface area contributed by atoms with Gasteiger partial charge in [-0.05, 0) is 37.6 Å².